The molecule has 1 aliphatic heterocycles. The number of hydrogen-bond donors (Lipinski definition) is 2. The Balaban J connectivity index is 1.39. The molecule has 1 fully saturated rings. The van der Waals surface area contributed by atoms with Crippen molar-refractivity contribution in [2.75, 3.05) is 26.7 Å². The van der Waals surface area contributed by atoms with E-state index in [-0.39, 0.29) is 0 Å². The second-order valence-corrected chi connectivity index (χ2v) is 8.91. The van der Waals surface area contributed by atoms with Gasteiger partial charge in [0.05, 0.1) is 6.54 Å². The molecule has 2 atom stereocenters. The third kappa shape index (κ3) is 5.54. The van der Waals surface area contributed by atoms with Crippen molar-refractivity contribution < 1.29 is 4.42 Å². The lowest BCUT2D eigenvalue weighted by Gasteiger charge is -2.39. The molecule has 1 aliphatic rings. The van der Waals surface area contributed by atoms with Crippen molar-refractivity contribution >= 4 is 17.3 Å². The summed E-state index contributed by atoms with van der Waals surface area (Å²) >= 11 is 1.86. The van der Waals surface area contributed by atoms with E-state index in [0.29, 0.717) is 24.4 Å². The van der Waals surface area contributed by atoms with Crippen LogP contribution in [0.2, 0.25) is 0 Å². The van der Waals surface area contributed by atoms with Gasteiger partial charge in [0.2, 0.25) is 5.89 Å². The first-order valence-electron chi connectivity index (χ1n) is 11.0. The first-order chi connectivity index (χ1) is 15.2. The Kier molecular flexibility index (Phi) is 7.38. The lowest BCUT2D eigenvalue weighted by Crippen LogP contribution is -2.44. The minimum absolute atomic E-state index is 0.466. The molecule has 0 saturated carbocycles. The fourth-order valence-corrected chi connectivity index (χ4v) is 5.19. The number of piperidine rings is 1. The highest BCUT2D eigenvalue weighted by Crippen LogP contribution is 2.36. The Hall–Kier alpha value is -2.64. The third-order valence-corrected chi connectivity index (χ3v) is 6.63. The minimum Gasteiger partial charge on any atom is -0.444 e. The second kappa shape index (κ2) is 10.6. The number of oxazole rings is 1. The van der Waals surface area contributed by atoms with E-state index in [0.717, 1.165) is 36.9 Å². The number of rotatable bonds is 7. The molecule has 2 unspecified atom stereocenters. The number of likely N-dealkylation sites (tertiary alicyclic amines) is 1. The van der Waals surface area contributed by atoms with Gasteiger partial charge in [-0.1, -0.05) is 24.3 Å². The molecule has 2 N–H and O–H groups in total. The number of guanidine groups is 1. The molecule has 0 aliphatic carbocycles. The van der Waals surface area contributed by atoms with Gasteiger partial charge in [0.15, 0.2) is 5.96 Å². The van der Waals surface area contributed by atoms with Gasteiger partial charge in [-0.3, -0.25) is 4.90 Å². The van der Waals surface area contributed by atoms with E-state index >= 15 is 0 Å². The Morgan fingerprint density at radius 3 is 2.87 bits per heavy atom. The molecule has 164 valence electrons. The normalized spacial score (nSPS) is 20.0. The Bertz CT molecular complexity index is 954. The lowest BCUT2D eigenvalue weighted by molar-refractivity contribution is 0.125. The monoisotopic (exact) mass is 437 g/mol. The summed E-state index contributed by atoms with van der Waals surface area (Å²) in [6.45, 7) is 5.43. The molecular weight excluding hydrogens is 406 g/mol. The van der Waals surface area contributed by atoms with Crippen LogP contribution < -0.4 is 10.6 Å². The van der Waals surface area contributed by atoms with E-state index in [4.69, 9.17) is 9.41 Å². The molecule has 6 nitrogen and oxygen atoms in total. The molecule has 7 heteroatoms. The molecule has 4 rings (SSSR count). The van der Waals surface area contributed by atoms with Gasteiger partial charge in [-0.25, -0.2) is 9.98 Å². The summed E-state index contributed by atoms with van der Waals surface area (Å²) < 4.78 is 5.64. The molecule has 0 spiro atoms. The second-order valence-electron chi connectivity index (χ2n) is 7.93. The Labute approximate surface area is 188 Å². The van der Waals surface area contributed by atoms with Gasteiger partial charge in [-0.15, -0.1) is 11.3 Å². The molecule has 1 saturated heterocycles. The summed E-state index contributed by atoms with van der Waals surface area (Å²) in [6, 6.07) is 14.8. The maximum absolute atomic E-state index is 5.64. The predicted molar refractivity (Wildman–Crippen MR) is 127 cm³/mol. The fraction of sp³-hybridized carbons (Fsp3) is 0.417. The predicted octanol–water partition coefficient (Wildman–Crippen LogP) is 4.54. The van der Waals surface area contributed by atoms with Crippen LogP contribution in [0.5, 0.6) is 0 Å². The van der Waals surface area contributed by atoms with Crippen LogP contribution in [-0.4, -0.2) is 42.5 Å². The number of thiophene rings is 1. The van der Waals surface area contributed by atoms with Gasteiger partial charge >= 0.3 is 0 Å². The number of nitrogens with zero attached hydrogens (tertiary/aromatic N) is 3. The van der Waals surface area contributed by atoms with Crippen LogP contribution in [0, 0.1) is 5.92 Å². The highest BCUT2D eigenvalue weighted by Gasteiger charge is 2.31. The Morgan fingerprint density at radius 2 is 2.10 bits per heavy atom. The van der Waals surface area contributed by atoms with Crippen LogP contribution >= 0.6 is 11.3 Å². The summed E-state index contributed by atoms with van der Waals surface area (Å²) in [5.41, 5.74) is 1.80. The highest BCUT2D eigenvalue weighted by atomic mass is 32.1. The summed E-state index contributed by atoms with van der Waals surface area (Å²) in [5.74, 6) is 2.01. The largest absolute Gasteiger partial charge is 0.444 e. The zero-order valence-electron chi connectivity index (χ0n) is 18.3. The average Bonchev–Trinajstić information content (AvgIpc) is 3.49. The molecule has 31 heavy (non-hydrogen) atoms. The summed E-state index contributed by atoms with van der Waals surface area (Å²) in [4.78, 5) is 13.3. The summed E-state index contributed by atoms with van der Waals surface area (Å²) in [5, 5.41) is 9.11. The van der Waals surface area contributed by atoms with E-state index in [9.17, 15) is 0 Å². The fourth-order valence-electron chi connectivity index (χ4n) is 4.20. The van der Waals surface area contributed by atoms with Crippen LogP contribution in [0.15, 0.2) is 63.5 Å². The number of nitrogens with one attached hydrogen (secondary N) is 2. The number of benzene rings is 1. The Morgan fingerprint density at radius 1 is 1.23 bits per heavy atom. The maximum atomic E-state index is 5.64. The number of aromatic nitrogens is 1. The van der Waals surface area contributed by atoms with Gasteiger partial charge in [0.25, 0.3) is 0 Å². The molecule has 2 aromatic heterocycles. The van der Waals surface area contributed by atoms with Gasteiger partial charge in [0.1, 0.15) is 12.0 Å². The molecule has 3 heterocycles. The third-order valence-electron chi connectivity index (χ3n) is 5.69. The van der Waals surface area contributed by atoms with Gasteiger partial charge in [0, 0.05) is 29.6 Å². The standard InChI is InChI=1S/C24H31N5OS/c1-3-25-24(27-16-20-17-30-23(28-20)18-9-5-4-6-10-18)26-15-19-11-7-13-29(2)22(19)21-12-8-14-31-21/h4-6,8-10,12,14,17,19,22H,3,7,11,13,15-16H2,1-2H3,(H2,25,26,27). The van der Waals surface area contributed by atoms with Crippen molar-refractivity contribution in [1.82, 2.24) is 20.5 Å². The van der Waals surface area contributed by atoms with E-state index in [1.54, 1.807) is 6.26 Å². The first-order valence-corrected chi connectivity index (χ1v) is 11.9. The molecule has 3 aromatic rings. The smallest absolute Gasteiger partial charge is 0.226 e. The van der Waals surface area contributed by atoms with Gasteiger partial charge < -0.3 is 15.1 Å². The van der Waals surface area contributed by atoms with Crippen molar-refractivity contribution in [2.24, 2.45) is 10.9 Å². The van der Waals surface area contributed by atoms with E-state index in [2.05, 4.69) is 52.0 Å². The number of aliphatic imine (C=N–C) groups is 1. The van der Waals surface area contributed by atoms with Crippen LogP contribution in [0.3, 0.4) is 0 Å². The molecular formula is C24H31N5OS. The van der Waals surface area contributed by atoms with Crippen molar-refractivity contribution in [3.05, 3.63) is 64.7 Å². The van der Waals surface area contributed by atoms with Crippen molar-refractivity contribution in [3.63, 3.8) is 0 Å². The van der Waals surface area contributed by atoms with Crippen LogP contribution in [0.1, 0.15) is 36.4 Å². The molecule has 0 bridgehead atoms. The average molecular weight is 438 g/mol. The maximum Gasteiger partial charge on any atom is 0.226 e. The van der Waals surface area contributed by atoms with Gasteiger partial charge in [-0.2, -0.15) is 0 Å². The zero-order chi connectivity index (χ0) is 21.5. The molecule has 0 amide bonds. The van der Waals surface area contributed by atoms with Crippen molar-refractivity contribution in [2.45, 2.75) is 32.4 Å². The van der Waals surface area contributed by atoms with Crippen molar-refractivity contribution in [1.29, 1.82) is 0 Å². The molecule has 1 aromatic carbocycles. The lowest BCUT2D eigenvalue weighted by atomic mass is 9.88. The number of hydrogen-bond acceptors (Lipinski definition) is 5. The topological polar surface area (TPSA) is 65.7 Å². The van der Waals surface area contributed by atoms with Crippen molar-refractivity contribution in [3.8, 4) is 11.5 Å². The molecule has 0 radical (unpaired) electrons. The zero-order valence-corrected chi connectivity index (χ0v) is 19.1. The summed E-state index contributed by atoms with van der Waals surface area (Å²) in [6.07, 6.45) is 4.15. The highest BCUT2D eigenvalue weighted by molar-refractivity contribution is 7.10. The van der Waals surface area contributed by atoms with Crippen LogP contribution in [0.4, 0.5) is 0 Å². The minimum atomic E-state index is 0.466. The van der Waals surface area contributed by atoms with E-state index < -0.39 is 0 Å². The SMILES string of the molecule is CCNC(=NCc1coc(-c2ccccc2)n1)NCC1CCCN(C)C1c1cccs1. The summed E-state index contributed by atoms with van der Waals surface area (Å²) in [7, 11) is 2.24. The first kappa shape index (κ1) is 21.6. The van der Waals surface area contributed by atoms with E-state index in [1.165, 1.54) is 17.7 Å². The van der Waals surface area contributed by atoms with Crippen LogP contribution in [0.25, 0.3) is 11.5 Å². The van der Waals surface area contributed by atoms with Crippen LogP contribution in [-0.2, 0) is 6.54 Å². The van der Waals surface area contributed by atoms with Gasteiger partial charge in [-0.05, 0) is 62.9 Å². The quantitative estimate of drug-likeness (QED) is 0.420. The van der Waals surface area contributed by atoms with E-state index in [1.807, 2.05) is 41.7 Å².